The zero-order chi connectivity index (χ0) is 13.3. The van der Waals surface area contributed by atoms with Crippen LogP contribution in [0.25, 0.3) is 0 Å². The third kappa shape index (κ3) is 2.40. The van der Waals surface area contributed by atoms with E-state index in [1.807, 2.05) is 13.0 Å². The van der Waals surface area contributed by atoms with E-state index in [0.717, 1.165) is 5.56 Å². The number of hydrogen-bond donors (Lipinski definition) is 0. The predicted molar refractivity (Wildman–Crippen MR) is 71.8 cm³/mol. The standard InChI is InChI=1S/C13H11BrClFO2/c1-7-3-4-18-13(7)12(15)8-5-9(14)10(16)6-11(8)17-2/h3-6,12H,1-2H3. The summed E-state index contributed by atoms with van der Waals surface area (Å²) in [5.74, 6) is 0.635. The van der Waals surface area contributed by atoms with Crippen molar-refractivity contribution < 1.29 is 13.5 Å². The molecule has 0 aliphatic carbocycles. The molecule has 2 rings (SSSR count). The molecule has 1 aromatic carbocycles. The van der Waals surface area contributed by atoms with Gasteiger partial charge in [-0.1, -0.05) is 0 Å². The van der Waals surface area contributed by atoms with E-state index in [9.17, 15) is 4.39 Å². The molecule has 1 aromatic heterocycles. The van der Waals surface area contributed by atoms with Gasteiger partial charge in [0.15, 0.2) is 0 Å². The molecule has 2 aromatic rings. The Labute approximate surface area is 118 Å². The van der Waals surface area contributed by atoms with E-state index in [4.69, 9.17) is 20.8 Å². The lowest BCUT2D eigenvalue weighted by molar-refractivity contribution is 0.404. The molecule has 2 nitrogen and oxygen atoms in total. The summed E-state index contributed by atoms with van der Waals surface area (Å²) in [5, 5.41) is -0.521. The summed E-state index contributed by atoms with van der Waals surface area (Å²) in [6, 6.07) is 4.73. The molecule has 0 amide bonds. The Kier molecular flexibility index (Phi) is 3.97. The van der Waals surface area contributed by atoms with Gasteiger partial charge in [-0.15, -0.1) is 11.6 Å². The molecule has 18 heavy (non-hydrogen) atoms. The summed E-state index contributed by atoms with van der Waals surface area (Å²) < 4.78 is 24.3. The van der Waals surface area contributed by atoms with E-state index in [1.54, 1.807) is 12.3 Å². The number of benzene rings is 1. The van der Waals surface area contributed by atoms with Gasteiger partial charge in [0, 0.05) is 11.6 Å². The van der Waals surface area contributed by atoms with E-state index in [1.165, 1.54) is 13.2 Å². The van der Waals surface area contributed by atoms with Crippen LogP contribution in [-0.2, 0) is 0 Å². The van der Waals surface area contributed by atoms with Crippen molar-refractivity contribution in [3.8, 4) is 5.75 Å². The van der Waals surface area contributed by atoms with Crippen LogP contribution < -0.4 is 4.74 Å². The van der Waals surface area contributed by atoms with E-state index in [2.05, 4.69) is 15.9 Å². The van der Waals surface area contributed by atoms with Gasteiger partial charge in [-0.25, -0.2) is 4.39 Å². The second-order valence-electron chi connectivity index (χ2n) is 3.84. The van der Waals surface area contributed by atoms with Gasteiger partial charge < -0.3 is 9.15 Å². The molecule has 0 aliphatic rings. The smallest absolute Gasteiger partial charge is 0.141 e. The summed E-state index contributed by atoms with van der Waals surface area (Å²) in [6.45, 7) is 1.90. The number of ether oxygens (including phenoxy) is 1. The number of hydrogen-bond acceptors (Lipinski definition) is 2. The Balaban J connectivity index is 2.50. The summed E-state index contributed by atoms with van der Waals surface area (Å²) in [5.41, 5.74) is 1.60. The van der Waals surface area contributed by atoms with Gasteiger partial charge in [0.2, 0.25) is 0 Å². The van der Waals surface area contributed by atoms with Crippen molar-refractivity contribution in [3.63, 3.8) is 0 Å². The minimum atomic E-state index is -0.521. The third-order valence-corrected chi connectivity index (χ3v) is 3.72. The Hall–Kier alpha value is -1.00. The van der Waals surface area contributed by atoms with Gasteiger partial charge >= 0.3 is 0 Å². The lowest BCUT2D eigenvalue weighted by Gasteiger charge is -2.14. The van der Waals surface area contributed by atoms with Gasteiger partial charge in [0.1, 0.15) is 22.7 Å². The highest BCUT2D eigenvalue weighted by molar-refractivity contribution is 9.10. The molecule has 1 atom stereocenters. The molecule has 0 aliphatic heterocycles. The van der Waals surface area contributed by atoms with Crippen molar-refractivity contribution in [2.45, 2.75) is 12.3 Å². The fraction of sp³-hybridized carbons (Fsp3) is 0.231. The highest BCUT2D eigenvalue weighted by Gasteiger charge is 2.22. The van der Waals surface area contributed by atoms with Crippen molar-refractivity contribution >= 4 is 27.5 Å². The molecule has 0 radical (unpaired) electrons. The number of aryl methyl sites for hydroxylation is 1. The van der Waals surface area contributed by atoms with Gasteiger partial charge in [0.05, 0.1) is 17.8 Å². The maximum Gasteiger partial charge on any atom is 0.141 e. The van der Waals surface area contributed by atoms with Crippen molar-refractivity contribution in [2.75, 3.05) is 7.11 Å². The van der Waals surface area contributed by atoms with Crippen LogP contribution in [0, 0.1) is 12.7 Å². The van der Waals surface area contributed by atoms with Gasteiger partial charge in [0.25, 0.3) is 0 Å². The highest BCUT2D eigenvalue weighted by atomic mass is 79.9. The predicted octanol–water partition coefficient (Wildman–Crippen LogP) is 4.83. The number of halogens is 3. The molecule has 0 saturated heterocycles. The van der Waals surface area contributed by atoms with Gasteiger partial charge in [-0.3, -0.25) is 0 Å². The first-order chi connectivity index (χ1) is 8.54. The van der Waals surface area contributed by atoms with Crippen LogP contribution in [0.3, 0.4) is 0 Å². The highest BCUT2D eigenvalue weighted by Crippen LogP contribution is 2.39. The first-order valence-electron chi connectivity index (χ1n) is 5.25. The molecule has 96 valence electrons. The largest absolute Gasteiger partial charge is 0.496 e. The quantitative estimate of drug-likeness (QED) is 0.751. The SMILES string of the molecule is COc1cc(F)c(Br)cc1C(Cl)c1occc1C. The van der Waals surface area contributed by atoms with Gasteiger partial charge in [-0.05, 0) is 40.5 Å². The van der Waals surface area contributed by atoms with Crippen LogP contribution in [0.15, 0.2) is 33.4 Å². The molecular weight excluding hydrogens is 322 g/mol. The topological polar surface area (TPSA) is 22.4 Å². The van der Waals surface area contributed by atoms with E-state index >= 15 is 0 Å². The lowest BCUT2D eigenvalue weighted by Crippen LogP contribution is -1.99. The van der Waals surface area contributed by atoms with Gasteiger partial charge in [-0.2, -0.15) is 0 Å². The van der Waals surface area contributed by atoms with E-state index < -0.39 is 11.2 Å². The molecule has 0 saturated carbocycles. The average molecular weight is 334 g/mol. The Morgan fingerprint density at radius 3 is 2.72 bits per heavy atom. The summed E-state index contributed by atoms with van der Waals surface area (Å²) >= 11 is 9.51. The minimum Gasteiger partial charge on any atom is -0.496 e. The number of alkyl halides is 1. The molecule has 0 bridgehead atoms. The molecular formula is C13H11BrClFO2. The molecule has 1 unspecified atom stereocenters. The summed E-state index contributed by atoms with van der Waals surface area (Å²) in [7, 11) is 1.48. The Morgan fingerprint density at radius 2 is 2.17 bits per heavy atom. The lowest BCUT2D eigenvalue weighted by atomic mass is 10.1. The monoisotopic (exact) mass is 332 g/mol. The second kappa shape index (κ2) is 5.33. The molecule has 0 N–H and O–H groups in total. The van der Waals surface area contributed by atoms with Crippen LogP contribution in [-0.4, -0.2) is 7.11 Å². The van der Waals surface area contributed by atoms with Crippen LogP contribution in [0.1, 0.15) is 22.3 Å². The normalized spacial score (nSPS) is 12.5. The zero-order valence-electron chi connectivity index (χ0n) is 9.84. The minimum absolute atomic E-state index is 0.341. The number of rotatable bonds is 3. The van der Waals surface area contributed by atoms with Crippen LogP contribution >= 0.6 is 27.5 Å². The Bertz CT molecular complexity index is 568. The number of furan rings is 1. The van der Waals surface area contributed by atoms with E-state index in [0.29, 0.717) is 21.5 Å². The van der Waals surface area contributed by atoms with Crippen molar-refractivity contribution in [1.82, 2.24) is 0 Å². The maximum atomic E-state index is 13.4. The fourth-order valence-electron chi connectivity index (χ4n) is 1.70. The van der Waals surface area contributed by atoms with Crippen LogP contribution in [0.5, 0.6) is 5.75 Å². The summed E-state index contributed by atoms with van der Waals surface area (Å²) in [4.78, 5) is 0. The third-order valence-electron chi connectivity index (χ3n) is 2.68. The first-order valence-corrected chi connectivity index (χ1v) is 6.48. The van der Waals surface area contributed by atoms with Crippen molar-refractivity contribution in [3.05, 3.63) is 51.6 Å². The molecule has 5 heteroatoms. The Morgan fingerprint density at radius 1 is 1.44 bits per heavy atom. The van der Waals surface area contributed by atoms with E-state index in [-0.39, 0.29) is 0 Å². The molecule has 0 spiro atoms. The maximum absolute atomic E-state index is 13.4. The zero-order valence-corrected chi connectivity index (χ0v) is 12.2. The van der Waals surface area contributed by atoms with Crippen LogP contribution in [0.4, 0.5) is 4.39 Å². The molecule has 0 fully saturated rings. The average Bonchev–Trinajstić information content (AvgIpc) is 2.77. The first kappa shape index (κ1) is 13.4. The second-order valence-corrected chi connectivity index (χ2v) is 5.13. The summed E-state index contributed by atoms with van der Waals surface area (Å²) in [6.07, 6.45) is 1.57. The van der Waals surface area contributed by atoms with Crippen molar-refractivity contribution in [1.29, 1.82) is 0 Å². The number of methoxy groups -OCH3 is 1. The van der Waals surface area contributed by atoms with Crippen LogP contribution in [0.2, 0.25) is 0 Å². The molecule has 1 heterocycles. The fourth-order valence-corrected chi connectivity index (χ4v) is 2.46. The van der Waals surface area contributed by atoms with Crippen molar-refractivity contribution in [2.24, 2.45) is 0 Å².